The van der Waals surface area contributed by atoms with Gasteiger partial charge in [-0.2, -0.15) is 10.2 Å². The van der Waals surface area contributed by atoms with Crippen molar-refractivity contribution in [2.24, 2.45) is 10.2 Å². The summed E-state index contributed by atoms with van der Waals surface area (Å²) in [5.74, 6) is -1.45. The lowest BCUT2D eigenvalue weighted by Crippen LogP contribution is -1.95. The zero-order valence-electron chi connectivity index (χ0n) is 8.34. The number of nitrogens with zero attached hydrogens (tertiary/aromatic N) is 2. The van der Waals surface area contributed by atoms with Gasteiger partial charge in [-0.25, -0.2) is 4.79 Å². The average Bonchev–Trinajstić information content (AvgIpc) is 2.20. The molecule has 5 nitrogen and oxygen atoms in total. The highest BCUT2D eigenvalue weighted by Gasteiger charge is 2.09. The quantitative estimate of drug-likeness (QED) is 0.746. The number of carboxylic acid groups (broad SMARTS) is 1. The van der Waals surface area contributed by atoms with Gasteiger partial charge in [0.15, 0.2) is 0 Å². The molecule has 0 atom stereocenters. The zero-order valence-corrected chi connectivity index (χ0v) is 8.34. The molecule has 0 bridgehead atoms. The number of carboxylic acids is 1. The fraction of sp³-hybridized carbons (Fsp3) is 0.300. The first-order chi connectivity index (χ1) is 7.15. The zero-order chi connectivity index (χ0) is 11.3. The van der Waals surface area contributed by atoms with E-state index < -0.39 is 5.97 Å². The summed E-state index contributed by atoms with van der Waals surface area (Å²) in [5.41, 5.74) is 0.265. The number of benzene rings is 1. The van der Waals surface area contributed by atoms with Crippen LogP contribution in [0.1, 0.15) is 23.7 Å². The Hall–Kier alpha value is -1.91. The highest BCUT2D eigenvalue weighted by molar-refractivity contribution is 5.91. The van der Waals surface area contributed by atoms with Crippen LogP contribution in [-0.4, -0.2) is 22.7 Å². The van der Waals surface area contributed by atoms with Gasteiger partial charge in [-0.05, 0) is 24.6 Å². The van der Waals surface area contributed by atoms with Gasteiger partial charge in [0.25, 0.3) is 0 Å². The van der Waals surface area contributed by atoms with Crippen LogP contribution in [0.3, 0.4) is 0 Å². The molecule has 0 heterocycles. The van der Waals surface area contributed by atoms with Crippen molar-refractivity contribution in [3.05, 3.63) is 23.8 Å². The van der Waals surface area contributed by atoms with Crippen LogP contribution in [0.2, 0.25) is 0 Å². The number of aromatic carboxylic acids is 1. The van der Waals surface area contributed by atoms with Crippen molar-refractivity contribution in [2.45, 2.75) is 13.3 Å². The molecule has 0 unspecified atom stereocenters. The lowest BCUT2D eigenvalue weighted by molar-refractivity contribution is 0.0694. The van der Waals surface area contributed by atoms with E-state index >= 15 is 0 Å². The lowest BCUT2D eigenvalue weighted by Gasteiger charge is -1.99. The minimum absolute atomic E-state index is 0.164. The molecule has 0 aliphatic rings. The summed E-state index contributed by atoms with van der Waals surface area (Å²) in [7, 11) is 0. The molecule has 2 N–H and O–H groups in total. The normalized spacial score (nSPS) is 10.7. The third-order valence-electron chi connectivity index (χ3n) is 1.72. The van der Waals surface area contributed by atoms with Gasteiger partial charge in [-0.15, -0.1) is 0 Å². The maximum absolute atomic E-state index is 10.7. The van der Waals surface area contributed by atoms with Crippen molar-refractivity contribution in [3.8, 4) is 5.75 Å². The molecule has 0 saturated heterocycles. The molecule has 5 heteroatoms. The van der Waals surface area contributed by atoms with E-state index in [-0.39, 0.29) is 11.3 Å². The fourth-order valence-corrected chi connectivity index (χ4v) is 0.989. The summed E-state index contributed by atoms with van der Waals surface area (Å²) in [6.45, 7) is 2.57. The summed E-state index contributed by atoms with van der Waals surface area (Å²) in [6, 6.07) is 4.10. The third kappa shape index (κ3) is 3.05. The standard InChI is InChI=1S/C10H12N2O3/c1-2-5-11-12-7-3-4-9(13)8(6-7)10(14)15/h3-4,6,13H,2,5H2,1H3,(H,14,15)/b12-11-. The molecule has 15 heavy (non-hydrogen) atoms. The largest absolute Gasteiger partial charge is 0.507 e. The van der Waals surface area contributed by atoms with Crippen molar-refractivity contribution < 1.29 is 15.0 Å². The maximum atomic E-state index is 10.7. The monoisotopic (exact) mass is 208 g/mol. The predicted molar refractivity (Wildman–Crippen MR) is 54.7 cm³/mol. The van der Waals surface area contributed by atoms with E-state index in [1.54, 1.807) is 0 Å². The van der Waals surface area contributed by atoms with E-state index in [4.69, 9.17) is 5.11 Å². The number of rotatable bonds is 4. The maximum Gasteiger partial charge on any atom is 0.339 e. The molecule has 0 amide bonds. The number of azo groups is 1. The minimum atomic E-state index is -1.18. The van der Waals surface area contributed by atoms with E-state index in [9.17, 15) is 9.90 Å². The summed E-state index contributed by atoms with van der Waals surface area (Å²) in [4.78, 5) is 10.7. The Bertz CT molecular complexity index is 388. The SMILES string of the molecule is CCC/N=N\c1ccc(O)c(C(=O)O)c1. The molecule has 0 aliphatic heterocycles. The van der Waals surface area contributed by atoms with Crippen molar-refractivity contribution in [2.75, 3.05) is 6.54 Å². The Morgan fingerprint density at radius 1 is 1.47 bits per heavy atom. The first kappa shape index (κ1) is 11.2. The summed E-state index contributed by atoms with van der Waals surface area (Å²) in [6.07, 6.45) is 0.882. The molecular weight excluding hydrogens is 196 g/mol. The second-order valence-corrected chi connectivity index (χ2v) is 2.97. The minimum Gasteiger partial charge on any atom is -0.507 e. The number of phenols is 1. The molecule has 0 radical (unpaired) electrons. The first-order valence-corrected chi connectivity index (χ1v) is 4.59. The first-order valence-electron chi connectivity index (χ1n) is 4.59. The number of carbonyl (C=O) groups is 1. The van der Waals surface area contributed by atoms with E-state index in [0.717, 1.165) is 6.42 Å². The molecule has 0 saturated carbocycles. The Kier molecular flexibility index (Phi) is 3.79. The van der Waals surface area contributed by atoms with Gasteiger partial charge in [0, 0.05) is 0 Å². The Labute approximate surface area is 87.1 Å². The topological polar surface area (TPSA) is 82.2 Å². The van der Waals surface area contributed by atoms with Gasteiger partial charge in [-0.1, -0.05) is 6.92 Å². The second kappa shape index (κ2) is 5.09. The van der Waals surface area contributed by atoms with E-state index in [1.807, 2.05) is 6.92 Å². The molecule has 1 aromatic rings. The van der Waals surface area contributed by atoms with Gasteiger partial charge in [0.2, 0.25) is 0 Å². The third-order valence-corrected chi connectivity index (χ3v) is 1.72. The van der Waals surface area contributed by atoms with E-state index in [2.05, 4.69) is 10.2 Å². The highest BCUT2D eigenvalue weighted by Crippen LogP contribution is 2.23. The Morgan fingerprint density at radius 2 is 2.20 bits per heavy atom. The predicted octanol–water partition coefficient (Wildman–Crippen LogP) is 2.58. The molecular formula is C10H12N2O3. The van der Waals surface area contributed by atoms with E-state index in [1.165, 1.54) is 18.2 Å². The summed E-state index contributed by atoms with van der Waals surface area (Å²) < 4.78 is 0. The lowest BCUT2D eigenvalue weighted by atomic mass is 10.2. The van der Waals surface area contributed by atoms with Crippen molar-refractivity contribution >= 4 is 11.7 Å². The Morgan fingerprint density at radius 3 is 2.80 bits per heavy atom. The van der Waals surface area contributed by atoms with Crippen LogP contribution in [0.15, 0.2) is 28.4 Å². The number of hydrogen-bond donors (Lipinski definition) is 2. The number of aromatic hydroxyl groups is 1. The fourth-order valence-electron chi connectivity index (χ4n) is 0.989. The van der Waals surface area contributed by atoms with Gasteiger partial charge in [0.05, 0.1) is 12.2 Å². The smallest absolute Gasteiger partial charge is 0.339 e. The van der Waals surface area contributed by atoms with Crippen molar-refractivity contribution in [1.82, 2.24) is 0 Å². The molecule has 0 fully saturated rings. The highest BCUT2D eigenvalue weighted by atomic mass is 16.4. The summed E-state index contributed by atoms with van der Waals surface area (Å²) >= 11 is 0. The molecule has 0 aliphatic carbocycles. The van der Waals surface area contributed by atoms with Gasteiger partial charge in [0.1, 0.15) is 11.3 Å². The van der Waals surface area contributed by atoms with Crippen molar-refractivity contribution in [1.29, 1.82) is 0 Å². The van der Waals surface area contributed by atoms with Gasteiger partial charge >= 0.3 is 5.97 Å². The van der Waals surface area contributed by atoms with Crippen LogP contribution in [0.25, 0.3) is 0 Å². The number of hydrogen-bond acceptors (Lipinski definition) is 4. The van der Waals surface area contributed by atoms with Crippen LogP contribution < -0.4 is 0 Å². The van der Waals surface area contributed by atoms with Crippen LogP contribution in [0, 0.1) is 0 Å². The second-order valence-electron chi connectivity index (χ2n) is 2.97. The van der Waals surface area contributed by atoms with Crippen molar-refractivity contribution in [3.63, 3.8) is 0 Å². The molecule has 80 valence electrons. The van der Waals surface area contributed by atoms with Crippen LogP contribution >= 0.6 is 0 Å². The summed E-state index contributed by atoms with van der Waals surface area (Å²) in [5, 5.41) is 25.6. The van der Waals surface area contributed by atoms with Gasteiger partial charge < -0.3 is 10.2 Å². The molecule has 1 aromatic carbocycles. The Balaban J connectivity index is 2.92. The average molecular weight is 208 g/mol. The van der Waals surface area contributed by atoms with Crippen LogP contribution in [0.5, 0.6) is 5.75 Å². The molecule has 1 rings (SSSR count). The van der Waals surface area contributed by atoms with Gasteiger partial charge in [-0.3, -0.25) is 0 Å². The van der Waals surface area contributed by atoms with Crippen LogP contribution in [0.4, 0.5) is 5.69 Å². The van der Waals surface area contributed by atoms with E-state index in [0.29, 0.717) is 12.2 Å². The van der Waals surface area contributed by atoms with Crippen LogP contribution in [-0.2, 0) is 0 Å². The molecule has 0 spiro atoms. The molecule has 0 aromatic heterocycles.